The van der Waals surface area contributed by atoms with Crippen LogP contribution in [0.5, 0.6) is 23.0 Å². The number of carbonyl (C=O) groups is 1. The van der Waals surface area contributed by atoms with Gasteiger partial charge < -0.3 is 18.9 Å². The van der Waals surface area contributed by atoms with Crippen LogP contribution in [0.25, 0.3) is 0 Å². The molecule has 4 rings (SSSR count). The maximum Gasteiger partial charge on any atom is 0.271 e. The highest BCUT2D eigenvalue weighted by atomic mass is 16.5. The monoisotopic (exact) mass is 524 g/mol. The molecular formula is C32H32N2O5. The van der Waals surface area contributed by atoms with E-state index in [0.29, 0.717) is 48.4 Å². The molecule has 0 aliphatic heterocycles. The number of hydrogen-bond acceptors (Lipinski definition) is 6. The van der Waals surface area contributed by atoms with Gasteiger partial charge in [-0.15, -0.1) is 0 Å². The SMILES string of the molecule is CCOc1cc(COc2ccc(/C=N/NC(=O)c3ccc(C)cc3)cc2OC)ccc1OCc1ccccc1. The molecule has 1 N–H and O–H groups in total. The molecule has 0 spiro atoms. The normalized spacial score (nSPS) is 10.7. The molecular weight excluding hydrogens is 492 g/mol. The van der Waals surface area contributed by atoms with E-state index < -0.39 is 0 Å². The Hall–Kier alpha value is -4.78. The average molecular weight is 525 g/mol. The number of hydrogen-bond donors (Lipinski definition) is 1. The van der Waals surface area contributed by atoms with E-state index in [1.54, 1.807) is 31.5 Å². The van der Waals surface area contributed by atoms with Crippen LogP contribution in [0.1, 0.15) is 39.5 Å². The van der Waals surface area contributed by atoms with Crippen molar-refractivity contribution < 1.29 is 23.7 Å². The number of ether oxygens (including phenoxy) is 4. The molecule has 7 heteroatoms. The summed E-state index contributed by atoms with van der Waals surface area (Å²) < 4.78 is 23.4. The first kappa shape index (κ1) is 27.3. The Kier molecular flexibility index (Phi) is 9.56. The van der Waals surface area contributed by atoms with Gasteiger partial charge in [0.25, 0.3) is 5.91 Å². The lowest BCUT2D eigenvalue weighted by molar-refractivity contribution is 0.0955. The number of nitrogens with one attached hydrogen (secondary N) is 1. The zero-order valence-electron chi connectivity index (χ0n) is 22.3. The van der Waals surface area contributed by atoms with E-state index in [0.717, 1.165) is 22.3 Å². The molecule has 7 nitrogen and oxygen atoms in total. The molecule has 0 unspecified atom stereocenters. The lowest BCUT2D eigenvalue weighted by atomic mass is 10.1. The lowest BCUT2D eigenvalue weighted by Gasteiger charge is -2.15. The molecule has 0 saturated carbocycles. The Morgan fingerprint density at radius 2 is 1.46 bits per heavy atom. The molecule has 0 aliphatic carbocycles. The maximum absolute atomic E-state index is 12.2. The van der Waals surface area contributed by atoms with E-state index in [1.807, 2.05) is 86.6 Å². The highest BCUT2D eigenvalue weighted by molar-refractivity contribution is 5.94. The van der Waals surface area contributed by atoms with Crippen molar-refractivity contribution in [3.8, 4) is 23.0 Å². The second-order valence-electron chi connectivity index (χ2n) is 8.75. The van der Waals surface area contributed by atoms with E-state index in [1.165, 1.54) is 0 Å². The van der Waals surface area contributed by atoms with Crippen LogP contribution in [0, 0.1) is 6.92 Å². The molecule has 0 saturated heterocycles. The Morgan fingerprint density at radius 1 is 0.769 bits per heavy atom. The van der Waals surface area contributed by atoms with Crippen molar-refractivity contribution in [3.63, 3.8) is 0 Å². The largest absolute Gasteiger partial charge is 0.493 e. The molecule has 1 amide bonds. The number of aryl methyl sites for hydroxylation is 1. The summed E-state index contributed by atoms with van der Waals surface area (Å²) in [5.41, 5.74) is 6.94. The van der Waals surface area contributed by atoms with Crippen LogP contribution in [0.2, 0.25) is 0 Å². The van der Waals surface area contributed by atoms with Crippen molar-refractivity contribution in [1.29, 1.82) is 0 Å². The van der Waals surface area contributed by atoms with Gasteiger partial charge >= 0.3 is 0 Å². The Labute approximate surface area is 229 Å². The Balaban J connectivity index is 1.37. The van der Waals surface area contributed by atoms with Gasteiger partial charge in [0.15, 0.2) is 23.0 Å². The molecule has 0 atom stereocenters. The van der Waals surface area contributed by atoms with Crippen LogP contribution in [-0.4, -0.2) is 25.8 Å². The number of methoxy groups -OCH3 is 1. The summed E-state index contributed by atoms with van der Waals surface area (Å²) in [5, 5.41) is 4.06. The molecule has 0 aliphatic rings. The fourth-order valence-electron chi connectivity index (χ4n) is 3.74. The number of nitrogens with zero attached hydrogens (tertiary/aromatic N) is 1. The summed E-state index contributed by atoms with van der Waals surface area (Å²) >= 11 is 0. The molecule has 0 bridgehead atoms. The predicted octanol–water partition coefficient (Wildman–Crippen LogP) is 6.32. The summed E-state index contributed by atoms with van der Waals surface area (Å²) in [6.07, 6.45) is 1.56. The average Bonchev–Trinajstić information content (AvgIpc) is 2.97. The minimum atomic E-state index is -0.277. The van der Waals surface area contributed by atoms with E-state index >= 15 is 0 Å². The van der Waals surface area contributed by atoms with Gasteiger partial charge in [-0.1, -0.05) is 54.1 Å². The zero-order valence-corrected chi connectivity index (χ0v) is 22.3. The van der Waals surface area contributed by atoms with Crippen molar-refractivity contribution >= 4 is 12.1 Å². The second kappa shape index (κ2) is 13.7. The predicted molar refractivity (Wildman–Crippen MR) is 152 cm³/mol. The Bertz CT molecular complexity index is 1400. The minimum absolute atomic E-state index is 0.277. The number of benzene rings is 4. The smallest absolute Gasteiger partial charge is 0.271 e. The van der Waals surface area contributed by atoms with Crippen LogP contribution in [0.4, 0.5) is 0 Å². The standard InChI is InChI=1S/C32H32N2O5/c1-4-37-31-19-26(13-17-29(31)38-21-24-8-6-5-7-9-24)22-39-28-16-12-25(18-30(28)36-3)20-33-34-32(35)27-14-10-23(2)11-15-27/h5-20H,4,21-22H2,1-3H3,(H,34,35)/b33-20+. The molecule has 4 aromatic rings. The van der Waals surface area contributed by atoms with Crippen molar-refractivity contribution in [2.75, 3.05) is 13.7 Å². The summed E-state index contributed by atoms with van der Waals surface area (Å²) in [4.78, 5) is 12.2. The van der Waals surface area contributed by atoms with Gasteiger partial charge in [-0.2, -0.15) is 5.10 Å². The fourth-order valence-corrected chi connectivity index (χ4v) is 3.74. The number of rotatable bonds is 12. The van der Waals surface area contributed by atoms with Crippen molar-refractivity contribution in [2.45, 2.75) is 27.1 Å². The van der Waals surface area contributed by atoms with Crippen LogP contribution in [0.15, 0.2) is 96.1 Å². The Morgan fingerprint density at radius 3 is 2.18 bits per heavy atom. The van der Waals surface area contributed by atoms with Gasteiger partial charge in [-0.25, -0.2) is 5.43 Å². The summed E-state index contributed by atoms with van der Waals surface area (Å²) in [6.45, 7) is 5.20. The number of hydrazone groups is 1. The van der Waals surface area contributed by atoms with Gasteiger partial charge in [0.2, 0.25) is 0 Å². The molecule has 0 radical (unpaired) electrons. The van der Waals surface area contributed by atoms with Gasteiger partial charge in [0, 0.05) is 5.56 Å². The number of amides is 1. The molecule has 39 heavy (non-hydrogen) atoms. The quantitative estimate of drug-likeness (QED) is 0.173. The van der Waals surface area contributed by atoms with Crippen molar-refractivity contribution in [3.05, 3.63) is 119 Å². The van der Waals surface area contributed by atoms with Gasteiger partial charge in [0.1, 0.15) is 13.2 Å². The van der Waals surface area contributed by atoms with E-state index in [2.05, 4.69) is 10.5 Å². The van der Waals surface area contributed by atoms with Crippen LogP contribution in [-0.2, 0) is 13.2 Å². The van der Waals surface area contributed by atoms with Crippen LogP contribution < -0.4 is 24.4 Å². The topological polar surface area (TPSA) is 78.4 Å². The minimum Gasteiger partial charge on any atom is -0.493 e. The van der Waals surface area contributed by atoms with Crippen molar-refractivity contribution in [1.82, 2.24) is 5.43 Å². The molecule has 0 aromatic heterocycles. The van der Waals surface area contributed by atoms with Gasteiger partial charge in [-0.05, 0) is 73.0 Å². The summed E-state index contributed by atoms with van der Waals surface area (Å²) in [7, 11) is 1.58. The molecule has 0 heterocycles. The molecule has 0 fully saturated rings. The van der Waals surface area contributed by atoms with Gasteiger partial charge in [0.05, 0.1) is 19.9 Å². The molecule has 4 aromatic carbocycles. The first-order valence-corrected chi connectivity index (χ1v) is 12.7. The van der Waals surface area contributed by atoms with E-state index in [4.69, 9.17) is 18.9 Å². The second-order valence-corrected chi connectivity index (χ2v) is 8.75. The highest BCUT2D eigenvalue weighted by Gasteiger charge is 2.10. The summed E-state index contributed by atoms with van der Waals surface area (Å²) in [6, 6.07) is 28.5. The van der Waals surface area contributed by atoms with Gasteiger partial charge in [-0.3, -0.25) is 4.79 Å². The fraction of sp³-hybridized carbons (Fsp3) is 0.188. The van der Waals surface area contributed by atoms with Crippen LogP contribution >= 0.6 is 0 Å². The van der Waals surface area contributed by atoms with Crippen LogP contribution in [0.3, 0.4) is 0 Å². The third-order valence-electron chi connectivity index (χ3n) is 5.82. The van der Waals surface area contributed by atoms with Crippen molar-refractivity contribution in [2.24, 2.45) is 5.10 Å². The van der Waals surface area contributed by atoms with E-state index in [-0.39, 0.29) is 5.91 Å². The number of carbonyl (C=O) groups excluding carboxylic acids is 1. The first-order chi connectivity index (χ1) is 19.1. The third kappa shape index (κ3) is 7.85. The first-order valence-electron chi connectivity index (χ1n) is 12.7. The lowest BCUT2D eigenvalue weighted by Crippen LogP contribution is -2.17. The molecule has 200 valence electrons. The van der Waals surface area contributed by atoms with E-state index in [9.17, 15) is 4.79 Å². The summed E-state index contributed by atoms with van der Waals surface area (Å²) in [5.74, 6) is 2.21. The third-order valence-corrected chi connectivity index (χ3v) is 5.82. The maximum atomic E-state index is 12.2. The highest BCUT2D eigenvalue weighted by Crippen LogP contribution is 2.32. The zero-order chi connectivity index (χ0) is 27.5.